The van der Waals surface area contributed by atoms with Crippen molar-refractivity contribution in [2.24, 2.45) is 0 Å². The lowest BCUT2D eigenvalue weighted by molar-refractivity contribution is -0.852. The number of Topliss-reactive ketones (excluding diaryl/α,β-unsaturated/α-hetero) is 1. The van der Waals surface area contributed by atoms with Gasteiger partial charge in [0.1, 0.15) is 6.67 Å². The molecule has 0 saturated carbocycles. The van der Waals surface area contributed by atoms with Crippen LogP contribution in [0.3, 0.4) is 0 Å². The zero-order chi connectivity index (χ0) is 23.7. The van der Waals surface area contributed by atoms with Gasteiger partial charge in [-0.3, -0.25) is 9.59 Å². The maximum absolute atomic E-state index is 13.7. The number of rotatable bonds is 3. The number of hydrogen-bond donors (Lipinski definition) is 0. The average Bonchev–Trinajstić information content (AvgIpc) is 3.40. The van der Waals surface area contributed by atoms with E-state index in [2.05, 4.69) is 0 Å². The lowest BCUT2D eigenvalue weighted by atomic mass is 9.98. The SMILES string of the molecule is Cc1cccc(C(=O)C2C[N@@]3CC4C(=O)N(c5ccc(C#N)c(C(F)(F)F)c5)C(=O)[N+]24C3)c1. The van der Waals surface area contributed by atoms with Gasteiger partial charge in [-0.15, -0.1) is 0 Å². The first kappa shape index (κ1) is 21.3. The van der Waals surface area contributed by atoms with Gasteiger partial charge in [-0.05, 0) is 31.2 Å². The predicted molar refractivity (Wildman–Crippen MR) is 109 cm³/mol. The molecule has 168 valence electrons. The van der Waals surface area contributed by atoms with Crippen LogP contribution in [0.2, 0.25) is 0 Å². The maximum atomic E-state index is 13.7. The second-order valence-electron chi connectivity index (χ2n) is 8.67. The van der Waals surface area contributed by atoms with E-state index in [-0.39, 0.29) is 31.2 Å². The summed E-state index contributed by atoms with van der Waals surface area (Å²) in [5, 5.41) is 9.04. The molecule has 0 aromatic heterocycles. The summed E-state index contributed by atoms with van der Waals surface area (Å²) in [4.78, 5) is 42.9. The van der Waals surface area contributed by atoms with Gasteiger partial charge in [0.25, 0.3) is 5.91 Å². The molecule has 3 heterocycles. The molecule has 2 bridgehead atoms. The second-order valence-corrected chi connectivity index (χ2v) is 8.67. The Bertz CT molecular complexity index is 1270. The first-order valence-corrected chi connectivity index (χ1v) is 10.3. The van der Waals surface area contributed by atoms with Gasteiger partial charge in [0, 0.05) is 5.56 Å². The predicted octanol–water partition coefficient (Wildman–Crippen LogP) is 3.08. The summed E-state index contributed by atoms with van der Waals surface area (Å²) in [7, 11) is 0. The Labute approximate surface area is 186 Å². The highest BCUT2D eigenvalue weighted by molar-refractivity contribution is 6.19. The van der Waals surface area contributed by atoms with Crippen LogP contribution in [0.25, 0.3) is 0 Å². The van der Waals surface area contributed by atoms with Crippen LogP contribution in [0.1, 0.15) is 27.0 Å². The van der Waals surface area contributed by atoms with Crippen LogP contribution >= 0.6 is 0 Å². The number of nitriles is 1. The normalized spacial score (nSPS) is 28.2. The number of halogens is 3. The first-order valence-electron chi connectivity index (χ1n) is 10.3. The van der Waals surface area contributed by atoms with E-state index in [1.54, 1.807) is 18.2 Å². The van der Waals surface area contributed by atoms with Crippen molar-refractivity contribution in [2.75, 3.05) is 24.7 Å². The molecule has 0 radical (unpaired) electrons. The van der Waals surface area contributed by atoms with Crippen LogP contribution in [0.15, 0.2) is 42.5 Å². The summed E-state index contributed by atoms with van der Waals surface area (Å²) in [6.45, 7) is 2.53. The topological polar surface area (TPSA) is 81.5 Å². The molecule has 0 N–H and O–H groups in total. The van der Waals surface area contributed by atoms with Gasteiger partial charge >= 0.3 is 12.2 Å². The number of aryl methyl sites for hydroxylation is 1. The number of alkyl halides is 3. The number of amides is 3. The summed E-state index contributed by atoms with van der Waals surface area (Å²) >= 11 is 0. The number of ketones is 1. The van der Waals surface area contributed by atoms with E-state index in [0.717, 1.165) is 22.6 Å². The summed E-state index contributed by atoms with van der Waals surface area (Å²) < 4.78 is 40.0. The van der Waals surface area contributed by atoms with Crippen molar-refractivity contribution < 1.29 is 32.0 Å². The van der Waals surface area contributed by atoms with Crippen molar-refractivity contribution >= 4 is 23.4 Å². The minimum Gasteiger partial charge on any atom is -0.287 e. The standard InChI is InChI=1S/C23H18F3N4O3/c1-13-3-2-4-14(7-13)20(31)18-10-28-11-19-21(32)29(22(33)30(18,19)12-28)16-6-5-15(9-27)17(8-16)23(24,25)26/h2-8,18-19H,10-12H2,1H3/q+1. The number of carbonyl (C=O) groups excluding carboxylic acids is 3. The third-order valence-corrected chi connectivity index (χ3v) is 6.75. The van der Waals surface area contributed by atoms with Gasteiger partial charge in [0.05, 0.1) is 36.0 Å². The highest BCUT2D eigenvalue weighted by Gasteiger charge is 2.73. The third-order valence-electron chi connectivity index (χ3n) is 6.75. The molecule has 3 aliphatic heterocycles. The first-order chi connectivity index (χ1) is 15.6. The Morgan fingerprint density at radius 2 is 1.91 bits per heavy atom. The molecule has 7 nitrogen and oxygen atoms in total. The van der Waals surface area contributed by atoms with Gasteiger partial charge < -0.3 is 0 Å². The smallest absolute Gasteiger partial charge is 0.287 e. The second kappa shape index (κ2) is 6.97. The van der Waals surface area contributed by atoms with E-state index in [0.29, 0.717) is 11.6 Å². The summed E-state index contributed by atoms with van der Waals surface area (Å²) in [5.74, 6) is -0.910. The lowest BCUT2D eigenvalue weighted by Gasteiger charge is -2.32. The van der Waals surface area contributed by atoms with Gasteiger partial charge in [-0.1, -0.05) is 23.8 Å². The molecule has 3 unspecified atom stereocenters. The molecule has 2 aromatic carbocycles. The lowest BCUT2D eigenvalue weighted by Crippen LogP contribution is -2.62. The van der Waals surface area contributed by atoms with Gasteiger partial charge in [0.15, 0.2) is 12.1 Å². The molecule has 3 amide bonds. The van der Waals surface area contributed by atoms with Crippen molar-refractivity contribution in [3.63, 3.8) is 0 Å². The zero-order valence-corrected chi connectivity index (χ0v) is 17.5. The van der Waals surface area contributed by atoms with Crippen LogP contribution in [0.4, 0.5) is 23.7 Å². The van der Waals surface area contributed by atoms with Crippen molar-refractivity contribution in [3.05, 3.63) is 64.7 Å². The Balaban J connectivity index is 1.57. The molecule has 0 aliphatic carbocycles. The fourth-order valence-electron chi connectivity index (χ4n) is 5.27. The fourth-order valence-corrected chi connectivity index (χ4v) is 5.27. The highest BCUT2D eigenvalue weighted by atomic mass is 19.4. The summed E-state index contributed by atoms with van der Waals surface area (Å²) in [6, 6.07) is 8.80. The Morgan fingerprint density at radius 3 is 2.58 bits per heavy atom. The summed E-state index contributed by atoms with van der Waals surface area (Å²) in [6.07, 6.45) is -4.83. The minimum atomic E-state index is -4.83. The Morgan fingerprint density at radius 1 is 1.15 bits per heavy atom. The van der Waals surface area contributed by atoms with Crippen LogP contribution in [0.5, 0.6) is 0 Å². The number of quaternary nitrogens is 1. The fraction of sp³-hybridized carbons (Fsp3) is 0.304. The molecule has 3 saturated heterocycles. The van der Waals surface area contributed by atoms with Gasteiger partial charge in [0.2, 0.25) is 5.78 Å². The molecule has 3 fully saturated rings. The van der Waals surface area contributed by atoms with Gasteiger partial charge in [-0.25, -0.2) is 14.2 Å². The van der Waals surface area contributed by atoms with E-state index in [4.69, 9.17) is 5.26 Å². The van der Waals surface area contributed by atoms with Crippen molar-refractivity contribution in [1.82, 2.24) is 4.90 Å². The maximum Gasteiger partial charge on any atom is 0.433 e. The van der Waals surface area contributed by atoms with E-state index in [9.17, 15) is 27.6 Å². The molecular weight excluding hydrogens is 437 g/mol. The van der Waals surface area contributed by atoms with Crippen LogP contribution in [0, 0.1) is 18.3 Å². The van der Waals surface area contributed by atoms with E-state index in [1.807, 2.05) is 17.9 Å². The molecule has 5 rings (SSSR count). The molecule has 2 aromatic rings. The highest BCUT2D eigenvalue weighted by Crippen LogP contribution is 2.45. The van der Waals surface area contributed by atoms with Crippen molar-refractivity contribution in [2.45, 2.75) is 25.2 Å². The Hall–Kier alpha value is -3.55. The molecule has 1 spiro atoms. The number of hydrogen-bond acceptors (Lipinski definition) is 5. The number of urea groups is 1. The number of anilines is 1. The molecule has 33 heavy (non-hydrogen) atoms. The number of imide groups is 1. The largest absolute Gasteiger partial charge is 0.433 e. The summed E-state index contributed by atoms with van der Waals surface area (Å²) in [5.41, 5.74) is -0.767. The number of benzene rings is 2. The quantitative estimate of drug-likeness (QED) is 0.404. The van der Waals surface area contributed by atoms with Crippen LogP contribution in [-0.4, -0.2) is 58.9 Å². The monoisotopic (exact) mass is 455 g/mol. The van der Waals surface area contributed by atoms with E-state index >= 15 is 0 Å². The number of carbonyl (C=O) groups is 3. The van der Waals surface area contributed by atoms with Crippen LogP contribution in [-0.2, 0) is 11.0 Å². The molecule has 3 aliphatic rings. The number of nitrogens with zero attached hydrogens (tertiary/aromatic N) is 4. The third kappa shape index (κ3) is 2.93. The van der Waals surface area contributed by atoms with Crippen LogP contribution < -0.4 is 4.90 Å². The minimum absolute atomic E-state index is 0.149. The van der Waals surface area contributed by atoms with Crippen molar-refractivity contribution in [3.8, 4) is 6.07 Å². The Kier molecular flexibility index (Phi) is 4.50. The number of fused-ring (bicyclic) bond motifs is 1. The zero-order valence-electron chi connectivity index (χ0n) is 17.5. The number of piperazine rings is 1. The van der Waals surface area contributed by atoms with Gasteiger partial charge in [-0.2, -0.15) is 23.3 Å². The van der Waals surface area contributed by atoms with Crippen molar-refractivity contribution in [1.29, 1.82) is 5.26 Å². The van der Waals surface area contributed by atoms with E-state index in [1.165, 1.54) is 6.07 Å². The molecule has 10 heteroatoms. The van der Waals surface area contributed by atoms with E-state index < -0.39 is 45.8 Å². The average molecular weight is 455 g/mol. The molecular formula is C23H18F3N4O3+. The molecule has 4 atom stereocenters.